The van der Waals surface area contributed by atoms with E-state index in [1.54, 1.807) is 0 Å². The lowest BCUT2D eigenvalue weighted by Gasteiger charge is -2.11. The van der Waals surface area contributed by atoms with Crippen molar-refractivity contribution in [3.05, 3.63) is 42.0 Å². The Morgan fingerprint density at radius 2 is 1.93 bits per heavy atom. The summed E-state index contributed by atoms with van der Waals surface area (Å²) in [5.41, 5.74) is 1.30. The van der Waals surface area contributed by atoms with Crippen LogP contribution in [0.5, 0.6) is 5.75 Å². The molecule has 0 saturated heterocycles. The van der Waals surface area contributed by atoms with Crippen molar-refractivity contribution in [3.8, 4) is 5.75 Å². The molecule has 0 atom stereocenters. The van der Waals surface area contributed by atoms with Crippen LogP contribution in [0, 0.1) is 0 Å². The molecule has 1 nitrogen and oxygen atoms in total. The summed E-state index contributed by atoms with van der Waals surface area (Å²) in [7, 11) is 0. The molecule has 14 heavy (non-hydrogen) atoms. The second kappa shape index (κ2) is 4.85. The van der Waals surface area contributed by atoms with Gasteiger partial charge in [-0.1, -0.05) is 30.4 Å². The van der Waals surface area contributed by atoms with E-state index in [0.717, 1.165) is 25.2 Å². The molecule has 74 valence electrons. The molecular weight excluding hydrogens is 172 g/mol. The second-order valence-electron chi connectivity index (χ2n) is 3.63. The second-order valence-corrected chi connectivity index (χ2v) is 3.63. The number of fused-ring (bicyclic) bond motifs is 1. The minimum atomic E-state index is 0.852. The molecule has 1 aromatic rings. The molecule has 0 unspecified atom stereocenters. The van der Waals surface area contributed by atoms with Crippen LogP contribution in [-0.4, -0.2) is 6.61 Å². The molecule has 0 bridgehead atoms. The van der Waals surface area contributed by atoms with Crippen LogP contribution < -0.4 is 4.74 Å². The fourth-order valence-corrected chi connectivity index (χ4v) is 1.69. The van der Waals surface area contributed by atoms with Crippen molar-refractivity contribution >= 4 is 0 Å². The summed E-state index contributed by atoms with van der Waals surface area (Å²) < 4.78 is 5.73. The maximum absolute atomic E-state index is 5.73. The molecule has 0 radical (unpaired) electrons. The Kier molecular flexibility index (Phi) is 3.23. The molecule has 1 heteroatoms. The number of hydrogen-bond donors (Lipinski definition) is 0. The number of hydrogen-bond acceptors (Lipinski definition) is 1. The third-order valence-electron chi connectivity index (χ3n) is 2.50. The number of benzene rings is 1. The van der Waals surface area contributed by atoms with Crippen molar-refractivity contribution in [1.82, 2.24) is 0 Å². The molecule has 0 saturated carbocycles. The Morgan fingerprint density at radius 1 is 1.00 bits per heavy atom. The van der Waals surface area contributed by atoms with Crippen LogP contribution in [0.2, 0.25) is 0 Å². The molecular formula is C13H16O. The largest absolute Gasteiger partial charge is 0.493 e. The third kappa shape index (κ3) is 2.38. The van der Waals surface area contributed by atoms with Gasteiger partial charge in [0.1, 0.15) is 5.75 Å². The maximum atomic E-state index is 5.73. The van der Waals surface area contributed by atoms with Gasteiger partial charge in [-0.2, -0.15) is 0 Å². The first-order chi connectivity index (χ1) is 6.97. The topological polar surface area (TPSA) is 9.23 Å². The lowest BCUT2D eigenvalue weighted by atomic mass is 10.1. The fourth-order valence-electron chi connectivity index (χ4n) is 1.69. The summed E-state index contributed by atoms with van der Waals surface area (Å²) in [6, 6.07) is 8.31. The summed E-state index contributed by atoms with van der Waals surface area (Å²) in [5, 5.41) is 0. The molecule has 0 N–H and O–H groups in total. The van der Waals surface area contributed by atoms with Crippen LogP contribution in [0.3, 0.4) is 0 Å². The lowest BCUT2D eigenvalue weighted by molar-refractivity contribution is 0.304. The van der Waals surface area contributed by atoms with E-state index in [-0.39, 0.29) is 0 Å². The minimum absolute atomic E-state index is 0.852. The number of para-hydroxylation sites is 1. The molecule has 0 fully saturated rings. The monoisotopic (exact) mass is 188 g/mol. The van der Waals surface area contributed by atoms with Crippen LogP contribution in [0.4, 0.5) is 0 Å². The van der Waals surface area contributed by atoms with Crippen LogP contribution in [0.25, 0.3) is 0 Å². The number of allylic oxidation sites excluding steroid dienone is 2. The minimum Gasteiger partial charge on any atom is -0.493 e. The summed E-state index contributed by atoms with van der Waals surface area (Å²) in [5.74, 6) is 1.05. The summed E-state index contributed by atoms with van der Waals surface area (Å²) in [6.45, 7) is 0.852. The van der Waals surface area contributed by atoms with E-state index in [1.807, 2.05) is 6.07 Å². The van der Waals surface area contributed by atoms with E-state index >= 15 is 0 Å². The van der Waals surface area contributed by atoms with E-state index in [9.17, 15) is 0 Å². The molecule has 1 aliphatic rings. The van der Waals surface area contributed by atoms with Crippen molar-refractivity contribution in [2.45, 2.75) is 25.7 Å². The predicted octanol–water partition coefficient (Wildman–Crippen LogP) is 3.35. The molecule has 1 heterocycles. The summed E-state index contributed by atoms with van der Waals surface area (Å²) in [6.07, 6.45) is 9.09. The highest BCUT2D eigenvalue weighted by Gasteiger charge is 2.01. The molecule has 1 aliphatic heterocycles. The Labute approximate surface area is 85.4 Å². The Morgan fingerprint density at radius 3 is 2.93 bits per heavy atom. The normalized spacial score (nSPS) is 19.1. The maximum Gasteiger partial charge on any atom is 0.122 e. The quantitative estimate of drug-likeness (QED) is 0.567. The van der Waals surface area contributed by atoms with Gasteiger partial charge in [-0.3, -0.25) is 0 Å². The zero-order valence-corrected chi connectivity index (χ0v) is 8.41. The van der Waals surface area contributed by atoms with Gasteiger partial charge in [0.15, 0.2) is 0 Å². The van der Waals surface area contributed by atoms with Crippen LogP contribution >= 0.6 is 0 Å². The van der Waals surface area contributed by atoms with Gasteiger partial charge < -0.3 is 4.74 Å². The molecule has 0 aliphatic carbocycles. The van der Waals surface area contributed by atoms with E-state index in [4.69, 9.17) is 4.74 Å². The third-order valence-corrected chi connectivity index (χ3v) is 2.50. The first-order valence-electron chi connectivity index (χ1n) is 5.32. The van der Waals surface area contributed by atoms with E-state index in [1.165, 1.54) is 18.4 Å². The SMILES string of the molecule is C1=C/Cc2ccccc2OCCCC/1. The van der Waals surface area contributed by atoms with Crippen molar-refractivity contribution in [1.29, 1.82) is 0 Å². The van der Waals surface area contributed by atoms with E-state index < -0.39 is 0 Å². The molecule has 0 aromatic heterocycles. The van der Waals surface area contributed by atoms with Crippen molar-refractivity contribution < 1.29 is 4.74 Å². The Hall–Kier alpha value is -1.24. The Balaban J connectivity index is 2.18. The van der Waals surface area contributed by atoms with E-state index in [0.29, 0.717) is 0 Å². The predicted molar refractivity (Wildman–Crippen MR) is 58.6 cm³/mol. The van der Waals surface area contributed by atoms with Gasteiger partial charge >= 0.3 is 0 Å². The van der Waals surface area contributed by atoms with Crippen LogP contribution in [0.15, 0.2) is 36.4 Å². The molecule has 2 rings (SSSR count). The van der Waals surface area contributed by atoms with Gasteiger partial charge in [0.25, 0.3) is 0 Å². The van der Waals surface area contributed by atoms with E-state index in [2.05, 4.69) is 30.4 Å². The zero-order valence-electron chi connectivity index (χ0n) is 8.41. The lowest BCUT2D eigenvalue weighted by Crippen LogP contribution is -2.00. The smallest absolute Gasteiger partial charge is 0.122 e. The first kappa shape index (κ1) is 9.32. The highest BCUT2D eigenvalue weighted by molar-refractivity contribution is 5.34. The highest BCUT2D eigenvalue weighted by atomic mass is 16.5. The number of rotatable bonds is 0. The molecule has 0 amide bonds. The van der Waals surface area contributed by atoms with Crippen molar-refractivity contribution in [2.24, 2.45) is 0 Å². The Bertz CT molecular complexity index is 315. The molecule has 1 aromatic carbocycles. The van der Waals surface area contributed by atoms with Crippen molar-refractivity contribution in [2.75, 3.05) is 6.61 Å². The fraction of sp³-hybridized carbons (Fsp3) is 0.385. The van der Waals surface area contributed by atoms with Gasteiger partial charge in [0, 0.05) is 0 Å². The average molecular weight is 188 g/mol. The van der Waals surface area contributed by atoms with Gasteiger partial charge in [0.05, 0.1) is 6.61 Å². The zero-order chi connectivity index (χ0) is 9.64. The standard InChI is InChI=1S/C13H16O/c1-2-4-8-12-9-5-6-10-13(12)14-11-7-3-1/h2,4-6,9-10H,1,3,7-8,11H2/b4-2+. The summed E-state index contributed by atoms with van der Waals surface area (Å²) >= 11 is 0. The van der Waals surface area contributed by atoms with Gasteiger partial charge in [-0.25, -0.2) is 0 Å². The van der Waals surface area contributed by atoms with Gasteiger partial charge in [-0.15, -0.1) is 0 Å². The number of ether oxygens (including phenoxy) is 1. The van der Waals surface area contributed by atoms with Gasteiger partial charge in [-0.05, 0) is 37.3 Å². The highest BCUT2D eigenvalue weighted by Crippen LogP contribution is 2.20. The summed E-state index contributed by atoms with van der Waals surface area (Å²) in [4.78, 5) is 0. The van der Waals surface area contributed by atoms with Gasteiger partial charge in [0.2, 0.25) is 0 Å². The first-order valence-corrected chi connectivity index (χ1v) is 5.32. The van der Waals surface area contributed by atoms with Crippen LogP contribution in [0.1, 0.15) is 24.8 Å². The van der Waals surface area contributed by atoms with Crippen molar-refractivity contribution in [3.63, 3.8) is 0 Å². The van der Waals surface area contributed by atoms with Crippen LogP contribution in [-0.2, 0) is 6.42 Å². The average Bonchev–Trinajstić information content (AvgIpc) is 2.25. The molecule has 0 spiro atoms.